The van der Waals surface area contributed by atoms with E-state index in [1.165, 1.54) is 51.4 Å². The average molecular weight is 431 g/mol. The molecule has 4 aliphatic rings. The number of ether oxygens (including phenoxy) is 1. The normalized spacial score (nSPS) is 43.8. The van der Waals surface area contributed by atoms with Crippen molar-refractivity contribution >= 4 is 8.32 Å². The van der Waals surface area contributed by atoms with E-state index in [4.69, 9.17) is 9.16 Å². The van der Waals surface area contributed by atoms with Gasteiger partial charge >= 0.3 is 0 Å². The Balaban J connectivity index is 1.52. The highest BCUT2D eigenvalue weighted by Gasteiger charge is 2.59. The van der Waals surface area contributed by atoms with Gasteiger partial charge in [0, 0.05) is 11.5 Å². The minimum Gasteiger partial charge on any atom is -0.498 e. The molecule has 2 nitrogen and oxygen atoms in total. The molecule has 0 aromatic rings. The van der Waals surface area contributed by atoms with Gasteiger partial charge in [-0.2, -0.15) is 0 Å². The molecule has 0 spiro atoms. The van der Waals surface area contributed by atoms with Gasteiger partial charge < -0.3 is 9.16 Å². The largest absolute Gasteiger partial charge is 0.498 e. The van der Waals surface area contributed by atoms with Crippen molar-refractivity contribution in [3.05, 3.63) is 24.5 Å². The minimum absolute atomic E-state index is 0.292. The van der Waals surface area contributed by atoms with Gasteiger partial charge in [0.2, 0.25) is 0 Å². The third-order valence-corrected chi connectivity index (χ3v) is 15.0. The van der Waals surface area contributed by atoms with Crippen molar-refractivity contribution in [1.29, 1.82) is 0 Å². The summed E-state index contributed by atoms with van der Waals surface area (Å²) in [4.78, 5) is 0. The third-order valence-electron chi connectivity index (χ3n) is 10.5. The van der Waals surface area contributed by atoms with E-state index in [1.807, 2.05) is 0 Å². The van der Waals surface area contributed by atoms with Crippen LogP contribution in [0.15, 0.2) is 24.5 Å². The molecule has 0 heterocycles. The second kappa shape index (κ2) is 7.51. The van der Waals surface area contributed by atoms with Crippen molar-refractivity contribution in [2.45, 2.75) is 116 Å². The van der Waals surface area contributed by atoms with Crippen LogP contribution in [-0.4, -0.2) is 20.5 Å². The Morgan fingerprint density at radius 1 is 1.07 bits per heavy atom. The molecule has 3 fully saturated rings. The molecule has 7 atom stereocenters. The van der Waals surface area contributed by atoms with Crippen molar-refractivity contribution < 1.29 is 9.16 Å². The molecule has 0 amide bonds. The Morgan fingerprint density at radius 3 is 2.47 bits per heavy atom. The van der Waals surface area contributed by atoms with E-state index in [0.717, 1.165) is 17.8 Å². The maximum Gasteiger partial charge on any atom is 0.192 e. The first-order valence-electron chi connectivity index (χ1n) is 12.6. The predicted octanol–water partition coefficient (Wildman–Crippen LogP) is 7.87. The Labute approximate surface area is 187 Å². The maximum atomic E-state index is 6.87. The molecule has 3 heteroatoms. The van der Waals surface area contributed by atoms with Gasteiger partial charge in [-0.05, 0) is 92.7 Å². The summed E-state index contributed by atoms with van der Waals surface area (Å²) in [6, 6.07) is 0. The summed E-state index contributed by atoms with van der Waals surface area (Å²) in [5.74, 6) is 2.51. The SMILES string of the molecule is C=COC1CC[C@H]2[C@@H]3CC=C4CC(O[Si](C)(C)C(C)(C)C)CC[C@]4(C)[C@@H]3CC[C@]12C. The van der Waals surface area contributed by atoms with Crippen molar-refractivity contribution in [3.63, 3.8) is 0 Å². The molecule has 0 bridgehead atoms. The molecule has 3 saturated carbocycles. The highest BCUT2D eigenvalue weighted by atomic mass is 28.4. The predicted molar refractivity (Wildman–Crippen MR) is 129 cm³/mol. The Bertz CT molecular complexity index is 704. The zero-order chi connectivity index (χ0) is 21.9. The molecule has 0 aromatic heterocycles. The summed E-state index contributed by atoms with van der Waals surface area (Å²) in [6.45, 7) is 20.9. The van der Waals surface area contributed by atoms with Crippen LogP contribution in [0.5, 0.6) is 0 Å². The average Bonchev–Trinajstić information content (AvgIpc) is 2.98. The zero-order valence-corrected chi connectivity index (χ0v) is 21.7. The molecule has 0 radical (unpaired) electrons. The topological polar surface area (TPSA) is 18.5 Å². The van der Waals surface area contributed by atoms with Gasteiger partial charge in [0.1, 0.15) is 6.10 Å². The summed E-state index contributed by atoms with van der Waals surface area (Å²) >= 11 is 0. The number of hydrogen-bond acceptors (Lipinski definition) is 2. The molecule has 0 aromatic carbocycles. The van der Waals surface area contributed by atoms with Crippen LogP contribution in [0, 0.1) is 28.6 Å². The van der Waals surface area contributed by atoms with E-state index < -0.39 is 8.32 Å². The number of fused-ring (bicyclic) bond motifs is 5. The minimum atomic E-state index is -1.70. The number of hydrogen-bond donors (Lipinski definition) is 0. The first kappa shape index (κ1) is 22.6. The lowest BCUT2D eigenvalue weighted by Crippen LogP contribution is -2.52. The number of rotatable bonds is 4. The second-order valence-corrected chi connectivity index (χ2v) is 17.7. The van der Waals surface area contributed by atoms with E-state index in [0.29, 0.717) is 28.1 Å². The molecule has 0 saturated heterocycles. The monoisotopic (exact) mass is 430 g/mol. The van der Waals surface area contributed by atoms with Gasteiger partial charge in [0.15, 0.2) is 8.32 Å². The smallest absolute Gasteiger partial charge is 0.192 e. The first-order valence-corrected chi connectivity index (χ1v) is 15.5. The van der Waals surface area contributed by atoms with Crippen LogP contribution in [0.1, 0.15) is 86.0 Å². The lowest BCUT2D eigenvalue weighted by molar-refractivity contribution is -0.0736. The molecule has 0 aliphatic heterocycles. The highest BCUT2D eigenvalue weighted by molar-refractivity contribution is 6.74. The van der Waals surface area contributed by atoms with E-state index in [-0.39, 0.29) is 0 Å². The van der Waals surface area contributed by atoms with Crippen molar-refractivity contribution in [2.24, 2.45) is 28.6 Å². The van der Waals surface area contributed by atoms with Crippen LogP contribution in [0.2, 0.25) is 18.1 Å². The molecule has 0 N–H and O–H groups in total. The van der Waals surface area contributed by atoms with Crippen LogP contribution in [0.4, 0.5) is 0 Å². The van der Waals surface area contributed by atoms with Crippen molar-refractivity contribution in [1.82, 2.24) is 0 Å². The number of allylic oxidation sites excluding steroid dienone is 1. The van der Waals surface area contributed by atoms with Crippen LogP contribution < -0.4 is 0 Å². The van der Waals surface area contributed by atoms with E-state index in [1.54, 1.807) is 11.8 Å². The van der Waals surface area contributed by atoms with Gasteiger partial charge in [-0.25, -0.2) is 0 Å². The molecule has 170 valence electrons. The summed E-state index contributed by atoms with van der Waals surface area (Å²) in [7, 11) is -1.70. The van der Waals surface area contributed by atoms with Crippen LogP contribution >= 0.6 is 0 Å². The van der Waals surface area contributed by atoms with E-state index >= 15 is 0 Å². The Hall–Kier alpha value is -0.543. The lowest BCUT2D eigenvalue weighted by atomic mass is 9.48. The third kappa shape index (κ3) is 3.47. The fraction of sp³-hybridized carbons (Fsp3) is 0.852. The van der Waals surface area contributed by atoms with Gasteiger partial charge in [-0.15, -0.1) is 0 Å². The first-order chi connectivity index (χ1) is 13.9. The summed E-state index contributed by atoms with van der Waals surface area (Å²) < 4.78 is 12.9. The quantitative estimate of drug-likeness (QED) is 0.257. The van der Waals surface area contributed by atoms with E-state index in [9.17, 15) is 0 Å². The zero-order valence-electron chi connectivity index (χ0n) is 20.7. The fourth-order valence-corrected chi connectivity index (χ4v) is 9.00. The van der Waals surface area contributed by atoms with Crippen molar-refractivity contribution in [2.75, 3.05) is 0 Å². The van der Waals surface area contributed by atoms with Crippen molar-refractivity contribution in [3.8, 4) is 0 Å². The van der Waals surface area contributed by atoms with Crippen LogP contribution in [0.3, 0.4) is 0 Å². The Morgan fingerprint density at radius 2 is 1.80 bits per heavy atom. The second-order valence-electron chi connectivity index (χ2n) is 12.9. The molecule has 30 heavy (non-hydrogen) atoms. The maximum absolute atomic E-state index is 6.87. The highest BCUT2D eigenvalue weighted by Crippen LogP contribution is 2.65. The molecular formula is C27H46O2Si. The molecule has 4 rings (SSSR count). The summed E-state index contributed by atoms with van der Waals surface area (Å²) in [5.41, 5.74) is 2.48. The Kier molecular flexibility index (Phi) is 5.67. The van der Waals surface area contributed by atoms with Gasteiger partial charge in [0.05, 0.1) is 6.26 Å². The van der Waals surface area contributed by atoms with Gasteiger partial charge in [0.25, 0.3) is 0 Å². The lowest BCUT2D eigenvalue weighted by Gasteiger charge is -2.58. The summed E-state index contributed by atoms with van der Waals surface area (Å²) in [5, 5.41) is 0.292. The van der Waals surface area contributed by atoms with E-state index in [2.05, 4.69) is 60.4 Å². The van der Waals surface area contributed by atoms with Crippen LogP contribution in [0.25, 0.3) is 0 Å². The molecule has 4 aliphatic carbocycles. The van der Waals surface area contributed by atoms with Gasteiger partial charge in [-0.1, -0.05) is 52.8 Å². The standard InChI is InChI=1S/C27H46O2Si/c1-9-28-24-13-12-22-21-11-10-19-18-20(29-30(7,8)25(2,3)4)14-16-26(19,5)23(21)15-17-27(22,24)6/h9-10,20-24H,1,11-18H2,2-8H3/t20?,21-,22-,23+,24?,26-,27-/m0/s1. The van der Waals surface area contributed by atoms with Gasteiger partial charge in [-0.3, -0.25) is 0 Å². The van der Waals surface area contributed by atoms with Crippen LogP contribution in [-0.2, 0) is 9.16 Å². The summed E-state index contributed by atoms with van der Waals surface area (Å²) in [6.07, 6.45) is 15.4. The molecular weight excluding hydrogens is 384 g/mol. The fourth-order valence-electron chi connectivity index (χ4n) is 7.61. The molecule has 2 unspecified atom stereocenters.